The predicted molar refractivity (Wildman–Crippen MR) is 177 cm³/mol. The van der Waals surface area contributed by atoms with Crippen molar-refractivity contribution < 1.29 is 14.7 Å². The van der Waals surface area contributed by atoms with Crippen LogP contribution in [0.1, 0.15) is 99.3 Å². The molecule has 1 amide bonds. The largest absolute Gasteiger partial charge is 0.478 e. The number of hydrogen-bond donors (Lipinski definition) is 2. The number of nitrogens with one attached hydrogen (secondary N) is 1. The Morgan fingerprint density at radius 1 is 0.886 bits per heavy atom. The number of hydrogen-bond acceptors (Lipinski definition) is 3. The van der Waals surface area contributed by atoms with Crippen molar-refractivity contribution in [2.75, 3.05) is 5.32 Å². The highest BCUT2D eigenvalue weighted by molar-refractivity contribution is 5.97. The fourth-order valence-electron chi connectivity index (χ4n) is 7.74. The van der Waals surface area contributed by atoms with E-state index in [2.05, 4.69) is 28.9 Å². The second-order valence-corrected chi connectivity index (χ2v) is 13.0. The van der Waals surface area contributed by atoms with Crippen LogP contribution >= 0.6 is 0 Å². The number of nitrogens with zero attached hydrogens (tertiary/aromatic N) is 2. The maximum atomic E-state index is 13.4. The lowest BCUT2D eigenvalue weighted by Gasteiger charge is -2.35. The molecule has 1 aromatic heterocycles. The number of benzene rings is 3. The number of carboxylic acids is 1. The molecule has 0 spiro atoms. The van der Waals surface area contributed by atoms with Gasteiger partial charge in [-0.25, -0.2) is 9.78 Å². The molecule has 0 radical (unpaired) electrons. The van der Waals surface area contributed by atoms with Gasteiger partial charge in [0.1, 0.15) is 5.82 Å². The first-order valence-corrected chi connectivity index (χ1v) is 16.7. The number of aromatic nitrogens is 2. The summed E-state index contributed by atoms with van der Waals surface area (Å²) in [6, 6.07) is 19.3. The molecule has 230 valence electrons. The minimum Gasteiger partial charge on any atom is -0.478 e. The van der Waals surface area contributed by atoms with Gasteiger partial charge in [0.2, 0.25) is 5.91 Å². The summed E-state index contributed by atoms with van der Waals surface area (Å²) in [5, 5.41) is 13.1. The lowest BCUT2D eigenvalue weighted by Crippen LogP contribution is -2.30. The van der Waals surface area contributed by atoms with Gasteiger partial charge >= 0.3 is 5.97 Å². The molecule has 2 aliphatic rings. The average molecular weight is 592 g/mol. The van der Waals surface area contributed by atoms with E-state index in [-0.39, 0.29) is 17.4 Å². The van der Waals surface area contributed by atoms with Crippen LogP contribution in [-0.2, 0) is 11.2 Å². The number of aryl methyl sites for hydroxylation is 1. The minimum absolute atomic E-state index is 0.0730. The number of aromatic carboxylic acids is 1. The van der Waals surface area contributed by atoms with Crippen molar-refractivity contribution in [3.8, 4) is 16.8 Å². The van der Waals surface area contributed by atoms with Crippen LogP contribution in [0.2, 0.25) is 0 Å². The zero-order chi connectivity index (χ0) is 30.6. The molecule has 2 saturated carbocycles. The molecule has 3 aromatic carbocycles. The molecular formula is C38H45N3O3. The number of carboxylic acid groups (broad SMARTS) is 1. The third kappa shape index (κ3) is 6.17. The molecular weight excluding hydrogens is 546 g/mol. The van der Waals surface area contributed by atoms with Gasteiger partial charge in [-0.05, 0) is 97.9 Å². The smallest absolute Gasteiger partial charge is 0.336 e. The van der Waals surface area contributed by atoms with E-state index in [0.717, 1.165) is 83.3 Å². The second kappa shape index (κ2) is 13.4. The molecule has 2 fully saturated rings. The van der Waals surface area contributed by atoms with Gasteiger partial charge in [-0.2, -0.15) is 0 Å². The summed E-state index contributed by atoms with van der Waals surface area (Å²) in [6.07, 6.45) is 14.1. The highest BCUT2D eigenvalue weighted by Crippen LogP contribution is 2.40. The number of amides is 1. The van der Waals surface area contributed by atoms with Gasteiger partial charge in [0, 0.05) is 18.0 Å². The first kappa shape index (κ1) is 30.1. The summed E-state index contributed by atoms with van der Waals surface area (Å²) in [4.78, 5) is 30.5. The van der Waals surface area contributed by atoms with Crippen molar-refractivity contribution in [2.24, 2.45) is 17.8 Å². The topological polar surface area (TPSA) is 84.2 Å². The van der Waals surface area contributed by atoms with E-state index in [1.54, 1.807) is 12.1 Å². The number of fused-ring (bicyclic) bond motifs is 1. The van der Waals surface area contributed by atoms with E-state index in [1.807, 2.05) is 43.3 Å². The second-order valence-electron chi connectivity index (χ2n) is 13.0. The number of anilines is 1. The minimum atomic E-state index is -0.940. The molecule has 6 heteroatoms. The first-order chi connectivity index (χ1) is 21.4. The Labute approximate surface area is 260 Å². The highest BCUT2D eigenvalue weighted by atomic mass is 16.4. The molecule has 0 aliphatic heterocycles. The number of carbonyl (C=O) groups excluding carboxylic acids is 1. The normalized spacial score (nSPS) is 19.2. The highest BCUT2D eigenvalue weighted by Gasteiger charge is 2.31. The molecule has 1 heterocycles. The van der Waals surface area contributed by atoms with Crippen molar-refractivity contribution in [1.29, 1.82) is 0 Å². The van der Waals surface area contributed by atoms with E-state index in [9.17, 15) is 14.7 Å². The van der Waals surface area contributed by atoms with Gasteiger partial charge < -0.3 is 10.4 Å². The number of carbonyl (C=O) groups is 2. The summed E-state index contributed by atoms with van der Waals surface area (Å²) < 4.78 is 2.21. The van der Waals surface area contributed by atoms with Crippen LogP contribution in [0.4, 0.5) is 5.69 Å². The fourth-order valence-corrected chi connectivity index (χ4v) is 7.74. The third-order valence-electron chi connectivity index (χ3n) is 10.2. The molecule has 0 saturated heterocycles. The summed E-state index contributed by atoms with van der Waals surface area (Å²) in [6.45, 7) is 4.23. The summed E-state index contributed by atoms with van der Waals surface area (Å²) in [5.41, 5.74) is 6.46. The quantitative estimate of drug-likeness (QED) is 0.203. The number of rotatable bonds is 9. The monoisotopic (exact) mass is 591 g/mol. The fraction of sp³-hybridized carbons (Fsp3) is 0.447. The van der Waals surface area contributed by atoms with E-state index in [1.165, 1.54) is 44.9 Å². The standard InChI is InChI=1S/C38H45N3O3/c1-3-4-17-36-40-33-23-22-29(39-37(42)28-20-18-27(19-21-28)26-11-6-5-7-12-26)24-35(33)41(36)34-16-10-15-30(25(34)2)31-13-8-9-14-32(31)38(43)44/h8-10,13-16,22-24,26-28H,3-7,11-12,17-21H2,1-2H3,(H,39,42)(H,43,44). The van der Waals surface area contributed by atoms with Crippen molar-refractivity contribution >= 4 is 28.6 Å². The zero-order valence-electron chi connectivity index (χ0n) is 26.1. The SMILES string of the molecule is CCCCc1nc2ccc(NC(=O)C3CCC(C4CCCCC4)CC3)cc2n1-c1cccc(-c2ccccc2C(=O)O)c1C. The Balaban J connectivity index is 1.30. The Kier molecular flexibility index (Phi) is 9.15. The molecule has 44 heavy (non-hydrogen) atoms. The third-order valence-corrected chi connectivity index (χ3v) is 10.2. The van der Waals surface area contributed by atoms with Crippen LogP contribution in [-0.4, -0.2) is 26.5 Å². The lowest BCUT2D eigenvalue weighted by atomic mass is 9.71. The molecule has 6 rings (SSSR count). The van der Waals surface area contributed by atoms with Crippen LogP contribution in [0.3, 0.4) is 0 Å². The summed E-state index contributed by atoms with van der Waals surface area (Å²) >= 11 is 0. The summed E-state index contributed by atoms with van der Waals surface area (Å²) in [7, 11) is 0. The lowest BCUT2D eigenvalue weighted by molar-refractivity contribution is -0.121. The molecule has 4 aromatic rings. The molecule has 0 atom stereocenters. The van der Waals surface area contributed by atoms with Crippen molar-refractivity contribution in [3.63, 3.8) is 0 Å². The van der Waals surface area contributed by atoms with Crippen LogP contribution in [0.5, 0.6) is 0 Å². The molecule has 2 aliphatic carbocycles. The van der Waals surface area contributed by atoms with Crippen LogP contribution in [0, 0.1) is 24.7 Å². The number of imidazole rings is 1. The Bertz CT molecular complexity index is 1640. The van der Waals surface area contributed by atoms with Crippen molar-refractivity contribution in [2.45, 2.75) is 90.9 Å². The Morgan fingerprint density at radius 2 is 1.61 bits per heavy atom. The Morgan fingerprint density at radius 3 is 2.36 bits per heavy atom. The van der Waals surface area contributed by atoms with Crippen LogP contribution < -0.4 is 5.32 Å². The van der Waals surface area contributed by atoms with Gasteiger partial charge in [0.25, 0.3) is 0 Å². The maximum absolute atomic E-state index is 13.4. The molecule has 2 N–H and O–H groups in total. The Hall–Kier alpha value is -3.93. The van der Waals surface area contributed by atoms with Crippen LogP contribution in [0.15, 0.2) is 60.7 Å². The predicted octanol–water partition coefficient (Wildman–Crippen LogP) is 9.37. The van der Waals surface area contributed by atoms with Gasteiger partial charge in [-0.15, -0.1) is 0 Å². The molecule has 6 nitrogen and oxygen atoms in total. The first-order valence-electron chi connectivity index (χ1n) is 16.7. The van der Waals surface area contributed by atoms with E-state index < -0.39 is 5.97 Å². The van der Waals surface area contributed by atoms with Crippen molar-refractivity contribution in [3.05, 3.63) is 77.6 Å². The van der Waals surface area contributed by atoms with Crippen molar-refractivity contribution in [1.82, 2.24) is 9.55 Å². The molecule has 0 unspecified atom stereocenters. The average Bonchev–Trinajstić information content (AvgIpc) is 3.41. The number of unbranched alkanes of at least 4 members (excludes halogenated alkanes) is 1. The van der Waals surface area contributed by atoms with E-state index >= 15 is 0 Å². The molecule has 0 bridgehead atoms. The van der Waals surface area contributed by atoms with Gasteiger partial charge in [-0.1, -0.05) is 75.8 Å². The van der Waals surface area contributed by atoms with E-state index in [0.29, 0.717) is 5.56 Å². The van der Waals surface area contributed by atoms with Gasteiger partial charge in [0.15, 0.2) is 0 Å². The van der Waals surface area contributed by atoms with Gasteiger partial charge in [0.05, 0.1) is 22.3 Å². The summed E-state index contributed by atoms with van der Waals surface area (Å²) in [5.74, 6) is 1.91. The van der Waals surface area contributed by atoms with Crippen LogP contribution in [0.25, 0.3) is 27.8 Å². The van der Waals surface area contributed by atoms with Gasteiger partial charge in [-0.3, -0.25) is 9.36 Å². The van der Waals surface area contributed by atoms with E-state index in [4.69, 9.17) is 4.98 Å². The zero-order valence-corrected chi connectivity index (χ0v) is 26.1. The maximum Gasteiger partial charge on any atom is 0.336 e.